The van der Waals surface area contributed by atoms with Gasteiger partial charge in [0.2, 0.25) is 0 Å². The molecule has 0 radical (unpaired) electrons. The predicted octanol–water partition coefficient (Wildman–Crippen LogP) is 2.16. The molecular formula is C9H4F5NO3. The molecule has 18 heavy (non-hydrogen) atoms. The normalized spacial score (nSPS) is 11.2. The van der Waals surface area contributed by atoms with E-state index >= 15 is 0 Å². The van der Waals surface area contributed by atoms with E-state index in [1.54, 1.807) is 0 Å². The Morgan fingerprint density at radius 2 is 1.56 bits per heavy atom. The number of hydrogen-bond acceptors (Lipinski definition) is 2. The smallest absolute Gasteiger partial charge is 0.471 e. The standard InChI is InChI=1S/C9H4F5NO3/c10-4-1-3(15-8(18)9(12,13)14)2-5(11)6(4)7(16)17/h1-2H,(H,15,18)(H,16,17). The molecule has 0 unspecified atom stereocenters. The lowest BCUT2D eigenvalue weighted by molar-refractivity contribution is -0.167. The summed E-state index contributed by atoms with van der Waals surface area (Å²) in [5.74, 6) is -7.54. The summed E-state index contributed by atoms with van der Waals surface area (Å²) in [5.41, 5.74) is -2.16. The van der Waals surface area contributed by atoms with Crippen LogP contribution in [-0.4, -0.2) is 23.2 Å². The number of halogens is 5. The van der Waals surface area contributed by atoms with E-state index in [-0.39, 0.29) is 12.1 Å². The van der Waals surface area contributed by atoms with Crippen molar-refractivity contribution in [2.24, 2.45) is 0 Å². The third-order valence-electron chi connectivity index (χ3n) is 1.77. The quantitative estimate of drug-likeness (QED) is 0.808. The molecule has 0 atom stereocenters. The third-order valence-corrected chi connectivity index (χ3v) is 1.77. The van der Waals surface area contributed by atoms with Crippen molar-refractivity contribution in [1.29, 1.82) is 0 Å². The summed E-state index contributed by atoms with van der Waals surface area (Å²) in [6, 6.07) is 0.548. The second-order valence-corrected chi connectivity index (χ2v) is 3.07. The number of carbonyl (C=O) groups excluding carboxylic acids is 1. The van der Waals surface area contributed by atoms with Gasteiger partial charge in [-0.05, 0) is 12.1 Å². The largest absolute Gasteiger partial charge is 0.477 e. The summed E-state index contributed by atoms with van der Waals surface area (Å²) in [4.78, 5) is 20.9. The number of carboxylic acids is 1. The number of carboxylic acid groups (broad SMARTS) is 1. The average Bonchev–Trinajstić information content (AvgIpc) is 2.13. The van der Waals surface area contributed by atoms with E-state index in [4.69, 9.17) is 5.11 Å². The summed E-state index contributed by atoms with van der Waals surface area (Å²) in [5, 5.41) is 9.59. The molecule has 98 valence electrons. The maximum Gasteiger partial charge on any atom is 0.471 e. The van der Waals surface area contributed by atoms with Crippen LogP contribution in [0.2, 0.25) is 0 Å². The first-order chi connectivity index (χ1) is 8.12. The molecule has 1 aromatic rings. The summed E-state index contributed by atoms with van der Waals surface area (Å²) in [6.07, 6.45) is -5.22. The molecule has 4 nitrogen and oxygen atoms in total. The Kier molecular flexibility index (Phi) is 3.54. The molecule has 0 bridgehead atoms. The minimum Gasteiger partial charge on any atom is -0.477 e. The molecule has 0 heterocycles. The average molecular weight is 269 g/mol. The van der Waals surface area contributed by atoms with Crippen LogP contribution >= 0.6 is 0 Å². The van der Waals surface area contributed by atoms with Gasteiger partial charge in [-0.1, -0.05) is 0 Å². The third kappa shape index (κ3) is 2.93. The molecule has 1 rings (SSSR count). The van der Waals surface area contributed by atoms with E-state index in [1.807, 2.05) is 0 Å². The van der Waals surface area contributed by atoms with Gasteiger partial charge in [-0.3, -0.25) is 4.79 Å². The van der Waals surface area contributed by atoms with Gasteiger partial charge in [0.05, 0.1) is 0 Å². The van der Waals surface area contributed by atoms with Gasteiger partial charge in [-0.2, -0.15) is 13.2 Å². The highest BCUT2D eigenvalue weighted by Crippen LogP contribution is 2.22. The maximum atomic E-state index is 13.1. The van der Waals surface area contributed by atoms with Crippen molar-refractivity contribution in [3.63, 3.8) is 0 Å². The highest BCUT2D eigenvalue weighted by Gasteiger charge is 2.38. The fraction of sp³-hybridized carbons (Fsp3) is 0.111. The summed E-state index contributed by atoms with van der Waals surface area (Å²) in [6.45, 7) is 0. The van der Waals surface area contributed by atoms with Gasteiger partial charge in [0, 0.05) is 5.69 Å². The number of aromatic carboxylic acids is 1. The first-order valence-electron chi connectivity index (χ1n) is 4.23. The molecule has 0 aliphatic rings. The van der Waals surface area contributed by atoms with E-state index in [0.29, 0.717) is 0 Å². The minimum atomic E-state index is -5.22. The van der Waals surface area contributed by atoms with Crippen LogP contribution in [0.1, 0.15) is 10.4 Å². The zero-order valence-electron chi connectivity index (χ0n) is 8.31. The number of nitrogens with one attached hydrogen (secondary N) is 1. The number of hydrogen-bond donors (Lipinski definition) is 2. The first-order valence-corrected chi connectivity index (χ1v) is 4.23. The summed E-state index contributed by atoms with van der Waals surface area (Å²) >= 11 is 0. The number of amides is 1. The monoisotopic (exact) mass is 269 g/mol. The van der Waals surface area contributed by atoms with Crippen molar-refractivity contribution in [2.75, 3.05) is 5.32 Å². The SMILES string of the molecule is O=C(O)c1c(F)cc(NC(=O)C(F)(F)F)cc1F. The predicted molar refractivity (Wildman–Crippen MR) is 48.0 cm³/mol. The molecule has 0 aromatic heterocycles. The molecule has 0 spiro atoms. The molecule has 0 saturated heterocycles. The fourth-order valence-electron chi connectivity index (χ4n) is 1.05. The lowest BCUT2D eigenvalue weighted by Gasteiger charge is -2.09. The first kappa shape index (κ1) is 13.9. The van der Waals surface area contributed by atoms with Crippen LogP contribution in [0, 0.1) is 11.6 Å². The van der Waals surface area contributed by atoms with Gasteiger partial charge in [0.15, 0.2) is 0 Å². The maximum absolute atomic E-state index is 13.1. The van der Waals surface area contributed by atoms with Crippen LogP contribution in [0.25, 0.3) is 0 Å². The van der Waals surface area contributed by atoms with Crippen LogP contribution in [0.4, 0.5) is 27.6 Å². The second-order valence-electron chi connectivity index (χ2n) is 3.07. The van der Waals surface area contributed by atoms with Crippen molar-refractivity contribution in [1.82, 2.24) is 0 Å². The zero-order valence-corrected chi connectivity index (χ0v) is 8.31. The van der Waals surface area contributed by atoms with Gasteiger partial charge in [0.25, 0.3) is 0 Å². The molecule has 0 aliphatic heterocycles. The highest BCUT2D eigenvalue weighted by atomic mass is 19.4. The van der Waals surface area contributed by atoms with E-state index in [9.17, 15) is 31.5 Å². The topological polar surface area (TPSA) is 66.4 Å². The number of rotatable bonds is 2. The lowest BCUT2D eigenvalue weighted by Crippen LogP contribution is -2.30. The Morgan fingerprint density at radius 1 is 1.11 bits per heavy atom. The van der Waals surface area contributed by atoms with Crippen molar-refractivity contribution in [2.45, 2.75) is 6.18 Å². The number of benzene rings is 1. The Labute approximate surface area is 96.0 Å². The molecule has 9 heteroatoms. The number of alkyl halides is 3. The van der Waals surface area contributed by atoms with E-state index in [2.05, 4.69) is 0 Å². The van der Waals surface area contributed by atoms with Crippen molar-refractivity contribution in [3.8, 4) is 0 Å². The molecule has 0 fully saturated rings. The molecule has 1 aromatic carbocycles. The van der Waals surface area contributed by atoms with Gasteiger partial charge < -0.3 is 10.4 Å². The summed E-state index contributed by atoms with van der Waals surface area (Å²) < 4.78 is 61.7. The zero-order chi connectivity index (χ0) is 14.1. The van der Waals surface area contributed by atoms with Crippen LogP contribution < -0.4 is 5.32 Å². The lowest BCUT2D eigenvalue weighted by atomic mass is 10.1. The van der Waals surface area contributed by atoms with Crippen molar-refractivity contribution < 1.29 is 36.6 Å². The molecule has 1 amide bonds. The minimum absolute atomic E-state index is 0.274. The Hall–Kier alpha value is -2.19. The van der Waals surface area contributed by atoms with Gasteiger partial charge in [-0.15, -0.1) is 0 Å². The van der Waals surface area contributed by atoms with E-state index in [0.717, 1.165) is 0 Å². The number of anilines is 1. The van der Waals surface area contributed by atoms with Crippen LogP contribution in [0.5, 0.6) is 0 Å². The molecule has 0 saturated carbocycles. The highest BCUT2D eigenvalue weighted by molar-refractivity contribution is 5.95. The van der Waals surface area contributed by atoms with Gasteiger partial charge in [0.1, 0.15) is 17.2 Å². The van der Waals surface area contributed by atoms with Gasteiger partial charge >= 0.3 is 18.1 Å². The van der Waals surface area contributed by atoms with E-state index in [1.165, 1.54) is 5.32 Å². The van der Waals surface area contributed by atoms with Gasteiger partial charge in [-0.25, -0.2) is 13.6 Å². The Balaban J connectivity index is 3.08. The Morgan fingerprint density at radius 3 is 1.89 bits per heavy atom. The van der Waals surface area contributed by atoms with Crippen LogP contribution in [0.15, 0.2) is 12.1 Å². The Bertz CT molecular complexity index is 488. The van der Waals surface area contributed by atoms with Crippen LogP contribution in [0.3, 0.4) is 0 Å². The fourth-order valence-corrected chi connectivity index (χ4v) is 1.05. The summed E-state index contributed by atoms with van der Waals surface area (Å²) in [7, 11) is 0. The second kappa shape index (κ2) is 4.59. The van der Waals surface area contributed by atoms with Crippen LogP contribution in [-0.2, 0) is 4.79 Å². The molecule has 2 N–H and O–H groups in total. The van der Waals surface area contributed by atoms with Crippen molar-refractivity contribution >= 4 is 17.6 Å². The van der Waals surface area contributed by atoms with E-state index < -0.39 is 40.9 Å². The molecular weight excluding hydrogens is 265 g/mol. The number of carbonyl (C=O) groups is 2. The molecule has 0 aliphatic carbocycles. The van der Waals surface area contributed by atoms with Crippen molar-refractivity contribution in [3.05, 3.63) is 29.3 Å².